The Morgan fingerprint density at radius 3 is 2.64 bits per heavy atom. The number of ether oxygens (including phenoxy) is 2. The van der Waals surface area contributed by atoms with Crippen molar-refractivity contribution in [1.82, 2.24) is 19.2 Å². The van der Waals surface area contributed by atoms with E-state index in [0.717, 1.165) is 84.2 Å². The maximum absolute atomic E-state index is 16.2. The standard InChI is InChI=1S/C36H45FN4O3/c1-5-30-33-29(38-40(30)4)23-39(3)20-9-10-21-41-34-27(18-19-28(37)32(33)34)26(35(41)36(42)43-6-2)16-12-22-44-31-17-11-14-24-13-7-8-15-25(24)31/h11,14,17-19H,5-10,12-13,15-16,20-23H2,1-4H3. The van der Waals surface area contributed by atoms with Gasteiger partial charge in [0.25, 0.3) is 0 Å². The zero-order valence-electron chi connectivity index (χ0n) is 26.7. The van der Waals surface area contributed by atoms with Crippen LogP contribution in [-0.2, 0) is 50.6 Å². The lowest BCUT2D eigenvalue weighted by atomic mass is 9.91. The average Bonchev–Trinajstić information content (AvgIpc) is 3.49. The highest BCUT2D eigenvalue weighted by atomic mass is 19.1. The van der Waals surface area contributed by atoms with Gasteiger partial charge >= 0.3 is 5.97 Å². The maximum atomic E-state index is 16.2. The molecule has 0 saturated heterocycles. The zero-order valence-corrected chi connectivity index (χ0v) is 26.7. The summed E-state index contributed by atoms with van der Waals surface area (Å²) in [7, 11) is 4.03. The minimum atomic E-state index is -0.350. The van der Waals surface area contributed by atoms with Crippen molar-refractivity contribution >= 4 is 16.9 Å². The molecule has 0 spiro atoms. The third-order valence-electron chi connectivity index (χ3n) is 9.34. The molecule has 0 radical (unpaired) electrons. The number of aryl methyl sites for hydroxylation is 4. The van der Waals surface area contributed by atoms with Gasteiger partial charge in [0, 0.05) is 42.3 Å². The SMILES string of the molecule is CCOC(=O)c1c(CCCOc2cccc3c2CCCC3)c2ccc(F)c3c2n1CCCCN(C)Cc1nn(C)c(CC)c1-3. The van der Waals surface area contributed by atoms with E-state index in [1.54, 1.807) is 6.07 Å². The van der Waals surface area contributed by atoms with E-state index in [1.807, 2.05) is 24.7 Å². The molecule has 0 N–H and O–H groups in total. The fourth-order valence-corrected chi connectivity index (χ4v) is 7.36. The second-order valence-electron chi connectivity index (χ2n) is 12.3. The third-order valence-corrected chi connectivity index (χ3v) is 9.34. The number of aromatic nitrogens is 3. The predicted molar refractivity (Wildman–Crippen MR) is 172 cm³/mol. The summed E-state index contributed by atoms with van der Waals surface area (Å²) in [5, 5.41) is 5.79. The molecule has 234 valence electrons. The van der Waals surface area contributed by atoms with Crippen LogP contribution in [0.5, 0.6) is 5.75 Å². The lowest BCUT2D eigenvalue weighted by Gasteiger charge is -2.19. The van der Waals surface area contributed by atoms with Crippen molar-refractivity contribution in [2.75, 3.05) is 26.8 Å². The van der Waals surface area contributed by atoms with Crippen molar-refractivity contribution < 1.29 is 18.7 Å². The summed E-state index contributed by atoms with van der Waals surface area (Å²) in [5.74, 6) is 0.341. The van der Waals surface area contributed by atoms with Crippen LogP contribution in [0.3, 0.4) is 0 Å². The van der Waals surface area contributed by atoms with Gasteiger partial charge in [-0.05, 0) is 113 Å². The molecule has 6 rings (SSSR count). The van der Waals surface area contributed by atoms with E-state index in [2.05, 4.69) is 41.6 Å². The molecule has 2 aromatic heterocycles. The van der Waals surface area contributed by atoms with Gasteiger partial charge in [-0.1, -0.05) is 19.1 Å². The molecule has 2 aromatic carbocycles. The van der Waals surface area contributed by atoms with E-state index < -0.39 is 0 Å². The summed E-state index contributed by atoms with van der Waals surface area (Å²) in [6, 6.07) is 9.80. The summed E-state index contributed by atoms with van der Waals surface area (Å²) in [6.45, 7) is 6.87. The average molecular weight is 601 g/mol. The fraction of sp³-hybridized carbons (Fsp3) is 0.500. The van der Waals surface area contributed by atoms with Gasteiger partial charge in [-0.15, -0.1) is 0 Å². The number of carbonyl (C=O) groups is 1. The van der Waals surface area contributed by atoms with Crippen LogP contribution < -0.4 is 4.74 Å². The van der Waals surface area contributed by atoms with E-state index >= 15 is 4.39 Å². The van der Waals surface area contributed by atoms with Crippen molar-refractivity contribution in [3.05, 3.63) is 69.9 Å². The van der Waals surface area contributed by atoms with Crippen LogP contribution in [-0.4, -0.2) is 52.0 Å². The number of carbonyl (C=O) groups excluding carboxylic acids is 1. The van der Waals surface area contributed by atoms with Gasteiger partial charge in [0.2, 0.25) is 0 Å². The van der Waals surface area contributed by atoms with E-state index in [1.165, 1.54) is 24.0 Å². The Balaban J connectivity index is 1.45. The second kappa shape index (κ2) is 13.1. The van der Waals surface area contributed by atoms with E-state index in [0.29, 0.717) is 37.4 Å². The smallest absolute Gasteiger partial charge is 0.355 e. The third kappa shape index (κ3) is 5.65. The molecule has 0 saturated carbocycles. The first-order valence-electron chi connectivity index (χ1n) is 16.4. The summed E-state index contributed by atoms with van der Waals surface area (Å²) in [4.78, 5) is 16.0. The Hall–Kier alpha value is -3.65. The molecule has 0 atom stereocenters. The summed E-state index contributed by atoms with van der Waals surface area (Å²) in [6.07, 6.45) is 8.50. The van der Waals surface area contributed by atoms with Crippen LogP contribution in [0, 0.1) is 5.82 Å². The first kappa shape index (κ1) is 30.4. The summed E-state index contributed by atoms with van der Waals surface area (Å²) >= 11 is 0. The highest BCUT2D eigenvalue weighted by molar-refractivity contribution is 6.05. The van der Waals surface area contributed by atoms with Gasteiger partial charge in [0.1, 0.15) is 17.3 Å². The van der Waals surface area contributed by atoms with E-state index in [4.69, 9.17) is 14.6 Å². The highest BCUT2D eigenvalue weighted by Gasteiger charge is 2.30. The number of benzene rings is 2. The molecule has 0 fully saturated rings. The summed E-state index contributed by atoms with van der Waals surface area (Å²) in [5.41, 5.74) is 8.22. The summed E-state index contributed by atoms with van der Waals surface area (Å²) < 4.78 is 32.2. The lowest BCUT2D eigenvalue weighted by molar-refractivity contribution is 0.0512. The first-order valence-corrected chi connectivity index (χ1v) is 16.4. The quantitative estimate of drug-likeness (QED) is 0.160. The van der Waals surface area contributed by atoms with Gasteiger partial charge in [-0.3, -0.25) is 4.68 Å². The Bertz CT molecular complexity index is 1670. The van der Waals surface area contributed by atoms with Gasteiger partial charge in [-0.25, -0.2) is 9.18 Å². The minimum Gasteiger partial charge on any atom is -0.493 e. The molecule has 7 nitrogen and oxygen atoms in total. The lowest BCUT2D eigenvalue weighted by Crippen LogP contribution is -2.20. The highest BCUT2D eigenvalue weighted by Crippen LogP contribution is 2.41. The molecule has 2 aliphatic rings. The second-order valence-corrected chi connectivity index (χ2v) is 12.3. The molecule has 3 heterocycles. The molecule has 1 aliphatic heterocycles. The molecule has 8 heteroatoms. The molecular formula is C36H45FN4O3. The topological polar surface area (TPSA) is 61.5 Å². The van der Waals surface area contributed by atoms with Gasteiger partial charge in [0.05, 0.1) is 24.4 Å². The number of hydrogen-bond acceptors (Lipinski definition) is 5. The molecule has 4 aromatic rings. The van der Waals surface area contributed by atoms with Crippen LogP contribution >= 0.6 is 0 Å². The van der Waals surface area contributed by atoms with Gasteiger partial charge in [-0.2, -0.15) is 5.10 Å². The number of rotatable bonds is 8. The maximum Gasteiger partial charge on any atom is 0.355 e. The Kier molecular flexibility index (Phi) is 9.08. The van der Waals surface area contributed by atoms with Crippen LogP contribution in [0.4, 0.5) is 4.39 Å². The number of nitrogens with zero attached hydrogens (tertiary/aromatic N) is 4. The molecule has 44 heavy (non-hydrogen) atoms. The predicted octanol–water partition coefficient (Wildman–Crippen LogP) is 7.04. The first-order chi connectivity index (χ1) is 21.4. The van der Waals surface area contributed by atoms with Crippen molar-refractivity contribution in [3.63, 3.8) is 0 Å². The molecule has 1 aliphatic carbocycles. The monoisotopic (exact) mass is 600 g/mol. The van der Waals surface area contributed by atoms with Crippen molar-refractivity contribution in [3.8, 4) is 16.9 Å². The zero-order chi connectivity index (χ0) is 30.8. The molecule has 0 bridgehead atoms. The minimum absolute atomic E-state index is 0.279. The fourth-order valence-electron chi connectivity index (χ4n) is 7.36. The van der Waals surface area contributed by atoms with E-state index in [-0.39, 0.29) is 18.4 Å². The van der Waals surface area contributed by atoms with Crippen molar-refractivity contribution in [2.45, 2.75) is 84.7 Å². The Morgan fingerprint density at radius 1 is 1.00 bits per heavy atom. The number of esters is 1. The molecular weight excluding hydrogens is 555 g/mol. The number of fused-ring (bicyclic) bond motifs is 3. The van der Waals surface area contributed by atoms with Crippen molar-refractivity contribution in [2.24, 2.45) is 7.05 Å². The normalized spacial score (nSPS) is 15.5. The Labute approximate surface area is 259 Å². The van der Waals surface area contributed by atoms with E-state index in [9.17, 15) is 4.79 Å². The van der Waals surface area contributed by atoms with Crippen LogP contribution in [0.2, 0.25) is 0 Å². The van der Waals surface area contributed by atoms with Crippen LogP contribution in [0.15, 0.2) is 30.3 Å². The van der Waals surface area contributed by atoms with Gasteiger partial charge in [0.15, 0.2) is 0 Å². The van der Waals surface area contributed by atoms with Crippen LogP contribution in [0.25, 0.3) is 22.0 Å². The largest absolute Gasteiger partial charge is 0.493 e. The van der Waals surface area contributed by atoms with Gasteiger partial charge < -0.3 is 18.9 Å². The van der Waals surface area contributed by atoms with Crippen molar-refractivity contribution in [1.29, 1.82) is 0 Å². The molecule has 0 amide bonds. The number of halogens is 1. The Morgan fingerprint density at radius 2 is 1.82 bits per heavy atom. The number of hydrogen-bond donors (Lipinski definition) is 0. The molecule has 0 unspecified atom stereocenters. The van der Waals surface area contributed by atoms with Crippen LogP contribution in [0.1, 0.15) is 84.5 Å².